The van der Waals surface area contributed by atoms with Crippen molar-refractivity contribution in [2.45, 2.75) is 51.1 Å². The van der Waals surface area contributed by atoms with Crippen molar-refractivity contribution in [1.82, 2.24) is 24.1 Å². The van der Waals surface area contributed by atoms with Crippen molar-refractivity contribution in [3.05, 3.63) is 47.3 Å². The number of hydrogen-bond donors (Lipinski definition) is 1. The van der Waals surface area contributed by atoms with Crippen molar-refractivity contribution < 1.29 is 4.39 Å². The van der Waals surface area contributed by atoms with E-state index in [2.05, 4.69) is 19.6 Å². The number of nitrogens with zero attached hydrogens (tertiary/aromatic N) is 6. The van der Waals surface area contributed by atoms with Crippen molar-refractivity contribution in [2.24, 2.45) is 11.8 Å². The van der Waals surface area contributed by atoms with Gasteiger partial charge in [0, 0.05) is 43.1 Å². The van der Waals surface area contributed by atoms with Gasteiger partial charge in [-0.25, -0.2) is 14.1 Å². The first-order valence-electron chi connectivity index (χ1n) is 11.2. The Hall–Kier alpha value is -2.55. The van der Waals surface area contributed by atoms with Crippen LogP contribution in [0.15, 0.2) is 24.3 Å². The number of aryl methyl sites for hydroxylation is 2. The maximum atomic E-state index is 13.4. The molecule has 4 atom stereocenters. The van der Waals surface area contributed by atoms with Crippen LogP contribution in [0.3, 0.4) is 0 Å². The molecule has 3 aromatic rings. The fraction of sp³-hybridized carbons (Fsp3) is 0.545. The number of nitrogens with one attached hydrogen (secondary N) is 1. The minimum Gasteiger partial charge on any atom is -0.350 e. The summed E-state index contributed by atoms with van der Waals surface area (Å²) in [5, 5.41) is 9.54. The minimum absolute atomic E-state index is 0.177. The Bertz CT molecular complexity index is 1060. The highest BCUT2D eigenvalue weighted by Gasteiger charge is 2.43. The Morgan fingerprint density at radius 2 is 1.84 bits per heavy atom. The molecule has 0 amide bonds. The number of piperidine rings is 1. The second-order valence-electron chi connectivity index (χ2n) is 9.06. The van der Waals surface area contributed by atoms with Crippen molar-refractivity contribution in [3.63, 3.8) is 0 Å². The molecular formula is C22H26FN7S. The zero-order valence-corrected chi connectivity index (χ0v) is 18.4. The minimum atomic E-state index is -0.200. The lowest BCUT2D eigenvalue weighted by atomic mass is 9.91. The molecule has 4 heterocycles. The molecule has 3 aliphatic rings. The first-order chi connectivity index (χ1) is 15.1. The number of hydrogen-bond acceptors (Lipinski definition) is 7. The van der Waals surface area contributed by atoms with Crippen LogP contribution in [0.2, 0.25) is 0 Å². The van der Waals surface area contributed by atoms with Gasteiger partial charge in [-0.2, -0.15) is 9.36 Å². The molecule has 1 saturated carbocycles. The molecule has 1 N–H and O–H groups in total. The van der Waals surface area contributed by atoms with Gasteiger partial charge in [0.1, 0.15) is 17.5 Å². The van der Waals surface area contributed by atoms with Crippen LogP contribution in [0.4, 0.5) is 15.5 Å². The smallest absolute Gasteiger partial charge is 0.242 e. The van der Waals surface area contributed by atoms with Gasteiger partial charge in [0.15, 0.2) is 0 Å². The topological polar surface area (TPSA) is 71.8 Å². The number of benzene rings is 1. The summed E-state index contributed by atoms with van der Waals surface area (Å²) in [6, 6.07) is 7.23. The van der Waals surface area contributed by atoms with Crippen molar-refractivity contribution in [3.8, 4) is 0 Å². The number of fused-ring (bicyclic) bond motifs is 3. The van der Waals surface area contributed by atoms with Crippen LogP contribution in [-0.4, -0.2) is 43.3 Å². The molecular weight excluding hydrogens is 413 g/mol. The molecule has 6 rings (SSSR count). The van der Waals surface area contributed by atoms with Crippen LogP contribution in [0, 0.1) is 24.6 Å². The monoisotopic (exact) mass is 439 g/mol. The molecule has 9 heteroatoms. The molecule has 2 aliphatic heterocycles. The van der Waals surface area contributed by atoms with Gasteiger partial charge in [-0.1, -0.05) is 12.1 Å². The van der Waals surface area contributed by atoms with E-state index in [0.29, 0.717) is 17.9 Å². The Morgan fingerprint density at radius 1 is 1.06 bits per heavy atom. The number of halogens is 1. The summed E-state index contributed by atoms with van der Waals surface area (Å²) in [5.74, 6) is 3.70. The summed E-state index contributed by atoms with van der Waals surface area (Å²) in [4.78, 5) is 11.9. The van der Waals surface area contributed by atoms with Gasteiger partial charge in [0.2, 0.25) is 11.1 Å². The maximum Gasteiger partial charge on any atom is 0.242 e. The summed E-state index contributed by atoms with van der Waals surface area (Å²) >= 11 is 1.50. The molecule has 2 fully saturated rings. The van der Waals surface area contributed by atoms with E-state index in [0.717, 1.165) is 60.8 Å². The molecule has 2 aromatic heterocycles. The maximum absolute atomic E-state index is 13.4. The summed E-state index contributed by atoms with van der Waals surface area (Å²) < 4.78 is 19.8. The zero-order valence-electron chi connectivity index (χ0n) is 17.5. The van der Waals surface area contributed by atoms with Crippen molar-refractivity contribution >= 4 is 22.6 Å². The van der Waals surface area contributed by atoms with E-state index in [4.69, 9.17) is 10.1 Å². The van der Waals surface area contributed by atoms with E-state index in [1.165, 1.54) is 36.5 Å². The highest BCUT2D eigenvalue weighted by Crippen LogP contribution is 2.41. The molecule has 0 radical (unpaired) electrons. The van der Waals surface area contributed by atoms with Crippen LogP contribution < -0.4 is 10.2 Å². The zero-order chi connectivity index (χ0) is 20.9. The second kappa shape index (κ2) is 7.55. The van der Waals surface area contributed by atoms with Crippen LogP contribution >= 0.6 is 11.5 Å². The van der Waals surface area contributed by atoms with E-state index in [1.54, 1.807) is 0 Å². The summed E-state index contributed by atoms with van der Waals surface area (Å²) in [6.07, 6.45) is 4.53. The first-order valence-corrected chi connectivity index (χ1v) is 11.9. The molecule has 31 heavy (non-hydrogen) atoms. The predicted octanol–water partition coefficient (Wildman–Crippen LogP) is 3.83. The standard InChI is InChI=1S/C22H26FN7S/c1-13-24-22(31-28-13)29-11-15-4-5-16(12-29)19(15)25-21-26-20-18(3-2-10-30(20)27-21)14-6-8-17(23)9-7-14/h6-9,15-16,18-19H,2-5,10-12H2,1H3,(H,25,27)/t15-,16+,18?,19?. The fourth-order valence-electron chi connectivity index (χ4n) is 5.60. The van der Waals surface area contributed by atoms with Crippen LogP contribution in [0.5, 0.6) is 0 Å². The van der Waals surface area contributed by atoms with Gasteiger partial charge in [-0.05, 0) is 62.1 Å². The largest absolute Gasteiger partial charge is 0.350 e. The summed E-state index contributed by atoms with van der Waals surface area (Å²) in [7, 11) is 0. The molecule has 1 aromatic carbocycles. The average Bonchev–Trinajstić information content (AvgIpc) is 3.44. The Balaban J connectivity index is 1.20. The van der Waals surface area contributed by atoms with Crippen LogP contribution in [-0.2, 0) is 6.54 Å². The van der Waals surface area contributed by atoms with Crippen LogP contribution in [0.25, 0.3) is 0 Å². The van der Waals surface area contributed by atoms with Gasteiger partial charge >= 0.3 is 0 Å². The fourth-order valence-corrected chi connectivity index (χ4v) is 6.29. The van der Waals surface area contributed by atoms with Gasteiger partial charge in [-0.15, -0.1) is 5.10 Å². The highest BCUT2D eigenvalue weighted by molar-refractivity contribution is 7.09. The van der Waals surface area contributed by atoms with E-state index < -0.39 is 0 Å². The van der Waals surface area contributed by atoms with Gasteiger partial charge in [0.05, 0.1) is 0 Å². The average molecular weight is 440 g/mol. The third-order valence-corrected chi connectivity index (χ3v) is 7.93. The Labute approximate surface area is 184 Å². The molecule has 2 bridgehead atoms. The lowest BCUT2D eigenvalue weighted by molar-refractivity contribution is 0.376. The summed E-state index contributed by atoms with van der Waals surface area (Å²) in [6.45, 7) is 4.86. The third-order valence-electron chi connectivity index (χ3n) is 7.06. The molecule has 1 saturated heterocycles. The highest BCUT2D eigenvalue weighted by atomic mass is 32.1. The van der Waals surface area contributed by atoms with Crippen molar-refractivity contribution in [2.75, 3.05) is 23.3 Å². The quantitative estimate of drug-likeness (QED) is 0.666. The summed E-state index contributed by atoms with van der Waals surface area (Å²) in [5.41, 5.74) is 1.11. The molecule has 0 spiro atoms. The molecule has 162 valence electrons. The van der Waals surface area contributed by atoms with E-state index in [1.807, 2.05) is 23.7 Å². The normalized spacial score (nSPS) is 27.4. The van der Waals surface area contributed by atoms with E-state index in [-0.39, 0.29) is 11.7 Å². The lowest BCUT2D eigenvalue weighted by Gasteiger charge is -2.37. The molecule has 7 nitrogen and oxygen atoms in total. The van der Waals surface area contributed by atoms with Gasteiger partial charge in [0.25, 0.3) is 0 Å². The van der Waals surface area contributed by atoms with Crippen molar-refractivity contribution in [1.29, 1.82) is 0 Å². The van der Waals surface area contributed by atoms with Gasteiger partial charge in [-0.3, -0.25) is 0 Å². The first kappa shape index (κ1) is 19.2. The SMILES string of the molecule is Cc1nsc(N2C[C@H]3CC[C@@H](C2)C3Nc2nc3n(n2)CCCC3c2ccc(F)cc2)n1. The number of anilines is 2. The van der Waals surface area contributed by atoms with E-state index in [9.17, 15) is 4.39 Å². The molecule has 1 aliphatic carbocycles. The Kier molecular flexibility index (Phi) is 4.66. The van der Waals surface area contributed by atoms with Gasteiger partial charge < -0.3 is 10.2 Å². The van der Waals surface area contributed by atoms with E-state index >= 15 is 0 Å². The number of rotatable bonds is 4. The third kappa shape index (κ3) is 3.48. The molecule has 2 unspecified atom stereocenters. The second-order valence-corrected chi connectivity index (χ2v) is 9.79. The Morgan fingerprint density at radius 3 is 2.55 bits per heavy atom. The predicted molar refractivity (Wildman–Crippen MR) is 118 cm³/mol. The van der Waals surface area contributed by atoms with Crippen LogP contribution in [0.1, 0.15) is 48.8 Å². The number of aromatic nitrogens is 5. The lowest BCUT2D eigenvalue weighted by Crippen LogP contribution is -2.48.